The van der Waals surface area contributed by atoms with Gasteiger partial charge < -0.3 is 43.6 Å². The first-order valence-corrected chi connectivity index (χ1v) is 10.8. The Labute approximate surface area is 190 Å². The lowest BCUT2D eigenvalue weighted by molar-refractivity contribution is -0.138. The molecule has 2 N–H and O–H groups in total. The Morgan fingerprint density at radius 3 is 1.47 bits per heavy atom. The van der Waals surface area contributed by atoms with Gasteiger partial charge in [0.2, 0.25) is 5.91 Å². The minimum absolute atomic E-state index is 0.00354. The lowest BCUT2D eigenvalue weighted by Gasteiger charge is -2.08. The van der Waals surface area contributed by atoms with Crippen molar-refractivity contribution in [2.24, 2.45) is 0 Å². The number of hydrogen-bond acceptors (Lipinski definition) is 9. The Balaban J connectivity index is 3.08. The largest absolute Gasteiger partial charge is 0.499 e. The highest BCUT2D eigenvalue weighted by Crippen LogP contribution is 1.90. The zero-order valence-corrected chi connectivity index (χ0v) is 18.9. The molecule has 0 aliphatic heterocycles. The molecular formula is C21H39NO10. The highest BCUT2D eigenvalue weighted by atomic mass is 16.6. The summed E-state index contributed by atoms with van der Waals surface area (Å²) in [6.45, 7) is 10.3. The van der Waals surface area contributed by atoms with Crippen LogP contribution in [0.1, 0.15) is 19.3 Å². The van der Waals surface area contributed by atoms with E-state index in [-0.39, 0.29) is 18.7 Å². The van der Waals surface area contributed by atoms with Crippen LogP contribution in [0.4, 0.5) is 0 Å². The third-order valence-electron chi connectivity index (χ3n) is 3.68. The third-order valence-corrected chi connectivity index (χ3v) is 3.68. The maximum Gasteiger partial charge on any atom is 0.303 e. The van der Waals surface area contributed by atoms with Crippen LogP contribution in [0.15, 0.2) is 12.8 Å². The van der Waals surface area contributed by atoms with E-state index in [0.29, 0.717) is 98.9 Å². The standard InChI is InChI=1S/C21H39NO10/c1-2-26-8-9-28-12-13-30-16-17-32-19-18-31-15-14-29-11-10-27-7-3-6-22-20(23)4-5-21(24)25/h2H,1,3-19H2,(H,22,23)(H,24,25). The second-order valence-corrected chi connectivity index (χ2v) is 6.31. The maximum absolute atomic E-state index is 11.3. The summed E-state index contributed by atoms with van der Waals surface area (Å²) in [5, 5.41) is 11.1. The fourth-order valence-electron chi connectivity index (χ4n) is 2.10. The molecule has 0 atom stereocenters. The SMILES string of the molecule is C=COCCOCCOCCOCCOCCOCCOCCCNC(=O)CCC(=O)O. The van der Waals surface area contributed by atoms with Gasteiger partial charge in [0, 0.05) is 19.6 Å². The number of carboxylic acid groups (broad SMARTS) is 1. The summed E-state index contributed by atoms with van der Waals surface area (Å²) in [6.07, 6.45) is 1.88. The second-order valence-electron chi connectivity index (χ2n) is 6.31. The van der Waals surface area contributed by atoms with Gasteiger partial charge in [0.25, 0.3) is 0 Å². The van der Waals surface area contributed by atoms with Crippen LogP contribution in [-0.2, 0) is 42.7 Å². The van der Waals surface area contributed by atoms with Gasteiger partial charge in [-0.2, -0.15) is 0 Å². The highest BCUT2D eigenvalue weighted by Gasteiger charge is 2.04. The Morgan fingerprint density at radius 2 is 1.06 bits per heavy atom. The fourth-order valence-corrected chi connectivity index (χ4v) is 2.10. The number of nitrogens with one attached hydrogen (secondary N) is 1. The summed E-state index contributed by atoms with van der Waals surface area (Å²) >= 11 is 0. The van der Waals surface area contributed by atoms with Crippen molar-refractivity contribution in [3.63, 3.8) is 0 Å². The van der Waals surface area contributed by atoms with E-state index in [1.165, 1.54) is 6.26 Å². The summed E-state index contributed by atoms with van der Waals surface area (Å²) in [6, 6.07) is 0. The van der Waals surface area contributed by atoms with Crippen molar-refractivity contribution in [1.82, 2.24) is 5.32 Å². The second kappa shape index (κ2) is 25.5. The number of carbonyl (C=O) groups excluding carboxylic acids is 1. The number of rotatable bonds is 26. The number of aliphatic carboxylic acids is 1. The van der Waals surface area contributed by atoms with Crippen molar-refractivity contribution in [3.8, 4) is 0 Å². The van der Waals surface area contributed by atoms with E-state index >= 15 is 0 Å². The van der Waals surface area contributed by atoms with Gasteiger partial charge in [0.15, 0.2) is 0 Å². The van der Waals surface area contributed by atoms with Crippen molar-refractivity contribution in [2.45, 2.75) is 19.3 Å². The number of carboxylic acids is 1. The van der Waals surface area contributed by atoms with Gasteiger partial charge in [0.1, 0.15) is 6.61 Å². The van der Waals surface area contributed by atoms with E-state index in [0.717, 1.165) is 0 Å². The normalized spacial score (nSPS) is 10.8. The molecule has 188 valence electrons. The molecule has 0 aliphatic carbocycles. The van der Waals surface area contributed by atoms with E-state index in [1.54, 1.807) is 0 Å². The van der Waals surface area contributed by atoms with Crippen LogP contribution in [0.25, 0.3) is 0 Å². The zero-order valence-electron chi connectivity index (χ0n) is 18.9. The molecule has 0 aromatic carbocycles. The summed E-state index contributed by atoms with van der Waals surface area (Å²) < 4.78 is 37.1. The summed E-state index contributed by atoms with van der Waals surface area (Å²) in [4.78, 5) is 21.6. The molecule has 0 saturated heterocycles. The Bertz CT molecular complexity index is 450. The molecule has 1 amide bonds. The van der Waals surface area contributed by atoms with E-state index in [4.69, 9.17) is 38.3 Å². The minimum atomic E-state index is -0.979. The lowest BCUT2D eigenvalue weighted by Crippen LogP contribution is -2.25. The van der Waals surface area contributed by atoms with E-state index in [2.05, 4.69) is 11.9 Å². The first kappa shape index (κ1) is 30.2. The maximum atomic E-state index is 11.3. The van der Waals surface area contributed by atoms with Gasteiger partial charge in [-0.05, 0) is 6.42 Å². The number of carbonyl (C=O) groups is 2. The van der Waals surface area contributed by atoms with Gasteiger partial charge in [-0.1, -0.05) is 6.58 Å². The van der Waals surface area contributed by atoms with Crippen LogP contribution in [-0.4, -0.2) is 109 Å². The van der Waals surface area contributed by atoms with Gasteiger partial charge in [-0.15, -0.1) is 0 Å². The van der Waals surface area contributed by atoms with Gasteiger partial charge in [-0.3, -0.25) is 9.59 Å². The predicted molar refractivity (Wildman–Crippen MR) is 116 cm³/mol. The van der Waals surface area contributed by atoms with Crippen LogP contribution in [0.5, 0.6) is 0 Å². The Kier molecular flexibility index (Phi) is 24.1. The zero-order chi connectivity index (χ0) is 23.5. The van der Waals surface area contributed by atoms with E-state index in [9.17, 15) is 9.59 Å². The molecule has 0 rings (SSSR count). The first-order chi connectivity index (χ1) is 15.7. The quantitative estimate of drug-likeness (QED) is 0.138. The van der Waals surface area contributed by atoms with Crippen molar-refractivity contribution in [2.75, 3.05) is 92.4 Å². The molecule has 0 unspecified atom stereocenters. The molecule has 0 aliphatic rings. The molecule has 0 radical (unpaired) electrons. The van der Waals surface area contributed by atoms with Crippen LogP contribution in [0.2, 0.25) is 0 Å². The Morgan fingerprint density at radius 1 is 0.656 bits per heavy atom. The average Bonchev–Trinajstić information content (AvgIpc) is 2.78. The molecule has 32 heavy (non-hydrogen) atoms. The molecule has 11 heteroatoms. The summed E-state index contributed by atoms with van der Waals surface area (Å²) in [7, 11) is 0. The molecule has 0 aromatic rings. The third kappa shape index (κ3) is 26.3. The molecule has 0 saturated carbocycles. The molecule has 0 spiro atoms. The molecule has 11 nitrogen and oxygen atoms in total. The lowest BCUT2D eigenvalue weighted by atomic mass is 10.3. The van der Waals surface area contributed by atoms with Gasteiger partial charge in [-0.25, -0.2) is 0 Å². The molecule has 0 aromatic heterocycles. The summed E-state index contributed by atoms with van der Waals surface area (Å²) in [5.41, 5.74) is 0. The molecule has 0 heterocycles. The van der Waals surface area contributed by atoms with E-state index in [1.807, 2.05) is 0 Å². The number of amides is 1. The monoisotopic (exact) mass is 465 g/mol. The van der Waals surface area contributed by atoms with Gasteiger partial charge in [0.05, 0.1) is 85.4 Å². The fraction of sp³-hybridized carbons (Fsp3) is 0.810. The van der Waals surface area contributed by atoms with Crippen LogP contribution in [0, 0.1) is 0 Å². The molecule has 0 bridgehead atoms. The number of ether oxygens (including phenoxy) is 7. The van der Waals surface area contributed by atoms with Crippen LogP contribution in [0.3, 0.4) is 0 Å². The van der Waals surface area contributed by atoms with Crippen molar-refractivity contribution >= 4 is 11.9 Å². The average molecular weight is 466 g/mol. The van der Waals surface area contributed by atoms with Crippen molar-refractivity contribution in [3.05, 3.63) is 12.8 Å². The summed E-state index contributed by atoms with van der Waals surface area (Å²) in [5.74, 6) is -1.24. The van der Waals surface area contributed by atoms with Crippen LogP contribution < -0.4 is 5.32 Å². The van der Waals surface area contributed by atoms with Crippen LogP contribution >= 0.6 is 0 Å². The Hall–Kier alpha value is -1.76. The number of hydrogen-bond donors (Lipinski definition) is 2. The predicted octanol–water partition coefficient (Wildman–Crippen LogP) is 0.617. The van der Waals surface area contributed by atoms with Crippen molar-refractivity contribution in [1.29, 1.82) is 0 Å². The smallest absolute Gasteiger partial charge is 0.303 e. The van der Waals surface area contributed by atoms with Gasteiger partial charge >= 0.3 is 5.97 Å². The minimum Gasteiger partial charge on any atom is -0.499 e. The molecular weight excluding hydrogens is 426 g/mol. The van der Waals surface area contributed by atoms with E-state index < -0.39 is 5.97 Å². The first-order valence-electron chi connectivity index (χ1n) is 10.8. The van der Waals surface area contributed by atoms with Crippen molar-refractivity contribution < 1.29 is 47.9 Å². The molecule has 0 fully saturated rings. The topological polar surface area (TPSA) is 131 Å². The highest BCUT2D eigenvalue weighted by molar-refractivity contribution is 5.80.